The molecule has 3 aromatic heterocycles. The molecule has 4 rings (SSSR count). The first-order valence-electron chi connectivity index (χ1n) is 7.95. The smallest absolute Gasteiger partial charge is 0.192 e. The van der Waals surface area contributed by atoms with Crippen LogP contribution in [0.1, 0.15) is 17.2 Å². The molecule has 0 aliphatic carbocycles. The maximum absolute atomic E-state index is 6.00. The normalized spacial score (nSPS) is 11.2. The molecule has 0 fully saturated rings. The Hall–Kier alpha value is -2.51. The molecule has 4 aromatic rings. The molecule has 0 saturated heterocycles. The van der Waals surface area contributed by atoms with Crippen molar-refractivity contribution in [3.8, 4) is 11.4 Å². The topological polar surface area (TPSA) is 69.9 Å². The number of rotatable bonds is 6. The maximum Gasteiger partial charge on any atom is 0.192 e. The van der Waals surface area contributed by atoms with Gasteiger partial charge in [0, 0.05) is 16.7 Å². The van der Waals surface area contributed by atoms with Gasteiger partial charge in [-0.25, -0.2) is 0 Å². The molecule has 0 N–H and O–H groups in total. The first kappa shape index (κ1) is 16.9. The molecule has 26 heavy (non-hydrogen) atoms. The summed E-state index contributed by atoms with van der Waals surface area (Å²) in [6.07, 6.45) is 1.66. The molecule has 6 nitrogen and oxygen atoms in total. The van der Waals surface area contributed by atoms with Gasteiger partial charge < -0.3 is 8.94 Å². The van der Waals surface area contributed by atoms with Crippen molar-refractivity contribution >= 4 is 23.4 Å². The molecule has 3 heterocycles. The summed E-state index contributed by atoms with van der Waals surface area (Å²) in [5.41, 5.74) is 1.80. The molecule has 1 aromatic carbocycles. The van der Waals surface area contributed by atoms with Gasteiger partial charge >= 0.3 is 0 Å². The number of hydrogen-bond acceptors (Lipinski definition) is 6. The van der Waals surface area contributed by atoms with Crippen LogP contribution in [0.25, 0.3) is 11.4 Å². The fraction of sp³-hybridized carbons (Fsp3) is 0.167. The van der Waals surface area contributed by atoms with Gasteiger partial charge in [-0.15, -0.1) is 10.2 Å². The molecular formula is C18H15ClN4O2S. The SMILES string of the molecule is Cc1cc(CSc2nnc(-c3ccc(Cl)cc3)n2Cc2ccco2)on1. The molecule has 8 heteroatoms. The number of aromatic nitrogens is 4. The van der Waals surface area contributed by atoms with Crippen molar-refractivity contribution < 1.29 is 8.94 Å². The summed E-state index contributed by atoms with van der Waals surface area (Å²) in [5, 5.41) is 14.1. The lowest BCUT2D eigenvalue weighted by molar-refractivity contribution is 0.391. The van der Waals surface area contributed by atoms with E-state index in [9.17, 15) is 0 Å². The maximum atomic E-state index is 6.00. The summed E-state index contributed by atoms with van der Waals surface area (Å²) in [5.74, 6) is 3.01. The van der Waals surface area contributed by atoms with E-state index in [4.69, 9.17) is 20.5 Å². The fourth-order valence-electron chi connectivity index (χ4n) is 2.53. The quantitative estimate of drug-likeness (QED) is 0.442. The first-order chi connectivity index (χ1) is 12.7. The van der Waals surface area contributed by atoms with E-state index in [1.807, 2.05) is 54.0 Å². The van der Waals surface area contributed by atoms with Crippen molar-refractivity contribution in [3.05, 3.63) is 71.0 Å². The van der Waals surface area contributed by atoms with E-state index in [-0.39, 0.29) is 0 Å². The van der Waals surface area contributed by atoms with Crippen LogP contribution < -0.4 is 0 Å². The number of aryl methyl sites for hydroxylation is 1. The highest BCUT2D eigenvalue weighted by atomic mass is 35.5. The summed E-state index contributed by atoms with van der Waals surface area (Å²) in [6.45, 7) is 2.44. The average Bonchev–Trinajstić information content (AvgIpc) is 3.37. The third-order valence-electron chi connectivity index (χ3n) is 3.73. The van der Waals surface area contributed by atoms with Crippen LogP contribution in [0.4, 0.5) is 0 Å². The summed E-state index contributed by atoms with van der Waals surface area (Å²) in [4.78, 5) is 0. The number of halogens is 1. The van der Waals surface area contributed by atoms with Crippen LogP contribution in [0, 0.1) is 6.92 Å². The van der Waals surface area contributed by atoms with Gasteiger partial charge in [-0.2, -0.15) is 0 Å². The predicted octanol–water partition coefficient (Wildman–Crippen LogP) is 4.83. The van der Waals surface area contributed by atoms with Gasteiger partial charge in [-0.3, -0.25) is 4.57 Å². The van der Waals surface area contributed by atoms with Gasteiger partial charge in [0.15, 0.2) is 11.0 Å². The Balaban J connectivity index is 1.65. The van der Waals surface area contributed by atoms with Crippen LogP contribution in [0.15, 0.2) is 62.8 Å². The van der Waals surface area contributed by atoms with Gasteiger partial charge in [0.25, 0.3) is 0 Å². The minimum Gasteiger partial charge on any atom is -0.467 e. The zero-order valence-electron chi connectivity index (χ0n) is 13.9. The largest absolute Gasteiger partial charge is 0.467 e. The minimum atomic E-state index is 0.537. The average molecular weight is 387 g/mol. The molecule has 0 aliphatic heterocycles. The van der Waals surface area contributed by atoms with Crippen LogP contribution in [0.5, 0.6) is 0 Å². The highest BCUT2D eigenvalue weighted by Gasteiger charge is 2.16. The Morgan fingerprint density at radius 1 is 1.12 bits per heavy atom. The second-order valence-electron chi connectivity index (χ2n) is 5.70. The Labute approximate surface area is 159 Å². The molecule has 0 aliphatic rings. The Morgan fingerprint density at radius 2 is 1.96 bits per heavy atom. The van der Waals surface area contributed by atoms with E-state index < -0.39 is 0 Å². The lowest BCUT2D eigenvalue weighted by Gasteiger charge is -2.08. The molecule has 0 spiro atoms. The molecule has 0 bridgehead atoms. The second kappa shape index (κ2) is 7.39. The number of nitrogens with zero attached hydrogens (tertiary/aromatic N) is 4. The van der Waals surface area contributed by atoms with Crippen molar-refractivity contribution in [3.63, 3.8) is 0 Å². The molecule has 0 saturated carbocycles. The molecule has 132 valence electrons. The lowest BCUT2D eigenvalue weighted by atomic mass is 10.2. The zero-order valence-corrected chi connectivity index (χ0v) is 15.5. The number of benzene rings is 1. The monoisotopic (exact) mass is 386 g/mol. The van der Waals surface area contributed by atoms with Crippen molar-refractivity contribution in [1.29, 1.82) is 0 Å². The summed E-state index contributed by atoms with van der Waals surface area (Å²) in [6, 6.07) is 13.3. The van der Waals surface area contributed by atoms with E-state index in [0.29, 0.717) is 17.3 Å². The number of thioether (sulfide) groups is 1. The van der Waals surface area contributed by atoms with E-state index in [0.717, 1.165) is 33.8 Å². The van der Waals surface area contributed by atoms with Crippen LogP contribution in [-0.2, 0) is 12.3 Å². The Kier molecular flexibility index (Phi) is 4.81. The summed E-state index contributed by atoms with van der Waals surface area (Å²) >= 11 is 7.54. The van der Waals surface area contributed by atoms with Gasteiger partial charge in [0.05, 0.1) is 24.3 Å². The van der Waals surface area contributed by atoms with Crippen molar-refractivity contribution in [2.75, 3.05) is 0 Å². The van der Waals surface area contributed by atoms with Gasteiger partial charge in [0.2, 0.25) is 0 Å². The third-order valence-corrected chi connectivity index (χ3v) is 4.97. The van der Waals surface area contributed by atoms with Crippen LogP contribution >= 0.6 is 23.4 Å². The summed E-state index contributed by atoms with van der Waals surface area (Å²) in [7, 11) is 0. The highest BCUT2D eigenvalue weighted by molar-refractivity contribution is 7.98. The van der Waals surface area contributed by atoms with Crippen LogP contribution in [-0.4, -0.2) is 19.9 Å². The minimum absolute atomic E-state index is 0.537. The molecular weight excluding hydrogens is 372 g/mol. The molecule has 0 atom stereocenters. The predicted molar refractivity (Wildman–Crippen MR) is 99.1 cm³/mol. The Bertz CT molecular complexity index is 993. The van der Waals surface area contributed by atoms with E-state index in [1.165, 1.54) is 0 Å². The molecule has 0 unspecified atom stereocenters. The van der Waals surface area contributed by atoms with E-state index in [1.54, 1.807) is 18.0 Å². The van der Waals surface area contributed by atoms with Crippen LogP contribution in [0.3, 0.4) is 0 Å². The van der Waals surface area contributed by atoms with Crippen LogP contribution in [0.2, 0.25) is 5.02 Å². The molecule has 0 amide bonds. The third kappa shape index (κ3) is 3.68. The van der Waals surface area contributed by atoms with Crippen molar-refractivity contribution in [2.45, 2.75) is 24.4 Å². The van der Waals surface area contributed by atoms with E-state index in [2.05, 4.69) is 15.4 Å². The lowest BCUT2D eigenvalue weighted by Crippen LogP contribution is -2.03. The van der Waals surface area contributed by atoms with Crippen molar-refractivity contribution in [2.24, 2.45) is 0 Å². The highest BCUT2D eigenvalue weighted by Crippen LogP contribution is 2.28. The second-order valence-corrected chi connectivity index (χ2v) is 7.08. The first-order valence-corrected chi connectivity index (χ1v) is 9.32. The number of hydrogen-bond donors (Lipinski definition) is 0. The summed E-state index contributed by atoms with van der Waals surface area (Å²) < 4.78 is 12.8. The van der Waals surface area contributed by atoms with Crippen molar-refractivity contribution in [1.82, 2.24) is 19.9 Å². The zero-order chi connectivity index (χ0) is 17.9. The number of furan rings is 1. The fourth-order valence-corrected chi connectivity index (χ4v) is 3.47. The van der Waals surface area contributed by atoms with Gasteiger partial charge in [0.1, 0.15) is 11.5 Å². The standard InChI is InChI=1S/C18H15ClN4O2S/c1-12-9-16(25-22-12)11-26-18-21-20-17(13-4-6-14(19)7-5-13)23(18)10-15-3-2-8-24-15/h2-9H,10-11H2,1H3. The van der Waals surface area contributed by atoms with Gasteiger partial charge in [-0.1, -0.05) is 28.5 Å². The molecule has 0 radical (unpaired) electrons. The Morgan fingerprint density at radius 3 is 2.65 bits per heavy atom. The van der Waals surface area contributed by atoms with Gasteiger partial charge in [-0.05, 0) is 43.3 Å². The van der Waals surface area contributed by atoms with E-state index >= 15 is 0 Å².